The Morgan fingerprint density at radius 1 is 0.840 bits per heavy atom. The highest BCUT2D eigenvalue weighted by Crippen LogP contribution is 2.54. The fraction of sp³-hybridized carbons (Fsp3) is 0.857. The third-order valence-corrected chi connectivity index (χ3v) is 14.0. The minimum atomic E-state index is -0.637. The Kier molecular flexibility index (Phi) is 11.4. The fourth-order valence-corrected chi connectivity index (χ4v) is 10.6. The van der Waals surface area contributed by atoms with Crippen LogP contribution in [0.25, 0.3) is 0 Å². The Labute approximate surface area is 301 Å². The lowest BCUT2D eigenvalue weighted by molar-refractivity contribution is -0.262. The van der Waals surface area contributed by atoms with E-state index in [0.717, 1.165) is 77.0 Å². The van der Waals surface area contributed by atoms with E-state index in [1.807, 2.05) is 6.08 Å². The molecular weight excluding hydrogens is 632 g/mol. The maximum Gasteiger partial charge on any atom is 0.172 e. The second-order valence-corrected chi connectivity index (χ2v) is 17.4. The Hall–Kier alpha value is -1.10. The molecule has 0 aromatic heterocycles. The van der Waals surface area contributed by atoms with Crippen molar-refractivity contribution in [1.29, 1.82) is 0 Å². The van der Waals surface area contributed by atoms with Crippen molar-refractivity contribution in [1.82, 2.24) is 0 Å². The van der Waals surface area contributed by atoms with Gasteiger partial charge in [-0.05, 0) is 86.2 Å². The average molecular weight is 699 g/mol. The standard InChI is InChI=1S/C42H66O8/c1-9-11-33-28(8)38-40-41(47-33)39-37(48-40)22-42(49-38,50-39)16-14-30-20-25(5)32(44-30)13-12-29-19-24(4)26(6)35(45-29)21-36-31(15-17-43)27(7)34(46-36)18-23(3)10-2/h9,23-24,27-41,43H,1,5-6,10-22H2,2-4,7-8H3. The summed E-state index contributed by atoms with van der Waals surface area (Å²) in [5.41, 5.74) is 2.38. The monoisotopic (exact) mass is 698 g/mol. The summed E-state index contributed by atoms with van der Waals surface area (Å²) < 4.78 is 46.8. The van der Waals surface area contributed by atoms with Gasteiger partial charge in [0.05, 0.1) is 54.9 Å². The summed E-state index contributed by atoms with van der Waals surface area (Å²) in [7, 11) is 0. The summed E-state index contributed by atoms with van der Waals surface area (Å²) in [6, 6.07) is 0. The van der Waals surface area contributed by atoms with Gasteiger partial charge < -0.3 is 38.3 Å². The van der Waals surface area contributed by atoms with Crippen LogP contribution in [0.1, 0.15) is 112 Å². The van der Waals surface area contributed by atoms with E-state index >= 15 is 0 Å². The van der Waals surface area contributed by atoms with Crippen molar-refractivity contribution >= 4 is 0 Å². The van der Waals surface area contributed by atoms with Crippen LogP contribution in [-0.2, 0) is 33.2 Å². The first-order valence-electron chi connectivity index (χ1n) is 20.2. The molecule has 8 heterocycles. The zero-order valence-corrected chi connectivity index (χ0v) is 31.5. The number of hydrogen-bond acceptors (Lipinski definition) is 8. The molecule has 18 atom stereocenters. The van der Waals surface area contributed by atoms with Gasteiger partial charge in [-0.1, -0.05) is 60.3 Å². The molecule has 8 nitrogen and oxygen atoms in total. The fourth-order valence-electron chi connectivity index (χ4n) is 10.6. The molecule has 8 rings (SSSR count). The molecule has 8 heteroatoms. The number of aliphatic hydroxyl groups excluding tert-OH is 1. The summed E-state index contributed by atoms with van der Waals surface area (Å²) in [5.74, 6) is 1.39. The van der Waals surface area contributed by atoms with Crippen LogP contribution in [0.5, 0.6) is 0 Å². The lowest BCUT2D eigenvalue weighted by Gasteiger charge is -2.42. The van der Waals surface area contributed by atoms with E-state index in [1.165, 1.54) is 11.1 Å². The molecule has 0 spiro atoms. The molecular formula is C42H66O8. The predicted octanol–water partition coefficient (Wildman–Crippen LogP) is 7.47. The minimum absolute atomic E-state index is 0.0197. The maximum absolute atomic E-state index is 9.90. The maximum atomic E-state index is 9.90. The minimum Gasteiger partial charge on any atom is -0.396 e. The van der Waals surface area contributed by atoms with Crippen molar-refractivity contribution in [2.24, 2.45) is 29.6 Å². The van der Waals surface area contributed by atoms with Crippen LogP contribution in [0.15, 0.2) is 37.0 Å². The van der Waals surface area contributed by atoms with E-state index in [4.69, 9.17) is 33.2 Å². The van der Waals surface area contributed by atoms with Gasteiger partial charge in [-0.2, -0.15) is 0 Å². The molecule has 0 saturated carbocycles. The quantitative estimate of drug-likeness (QED) is 0.177. The zero-order chi connectivity index (χ0) is 35.3. The zero-order valence-electron chi connectivity index (χ0n) is 31.5. The Bertz CT molecular complexity index is 1220. The van der Waals surface area contributed by atoms with Crippen molar-refractivity contribution in [3.63, 3.8) is 0 Å². The Morgan fingerprint density at radius 3 is 2.36 bits per heavy atom. The van der Waals surface area contributed by atoms with Crippen LogP contribution in [0, 0.1) is 29.6 Å². The van der Waals surface area contributed by atoms with E-state index in [0.29, 0.717) is 23.7 Å². The highest BCUT2D eigenvalue weighted by molar-refractivity contribution is 5.14. The van der Waals surface area contributed by atoms with E-state index in [1.54, 1.807) is 0 Å². The number of hydrogen-bond donors (Lipinski definition) is 1. The molecule has 8 aliphatic rings. The van der Waals surface area contributed by atoms with Crippen LogP contribution in [0.3, 0.4) is 0 Å². The van der Waals surface area contributed by atoms with Gasteiger partial charge >= 0.3 is 0 Å². The van der Waals surface area contributed by atoms with Crippen LogP contribution >= 0.6 is 0 Å². The summed E-state index contributed by atoms with van der Waals surface area (Å²) in [6.45, 7) is 24.5. The topological polar surface area (TPSA) is 84.8 Å². The van der Waals surface area contributed by atoms with E-state index < -0.39 is 5.79 Å². The van der Waals surface area contributed by atoms with Gasteiger partial charge in [-0.3, -0.25) is 0 Å². The number of aliphatic hydroxyl groups is 1. The highest BCUT2D eigenvalue weighted by Gasteiger charge is 2.67. The van der Waals surface area contributed by atoms with Gasteiger partial charge in [-0.15, -0.1) is 6.58 Å². The second kappa shape index (κ2) is 15.3. The molecule has 50 heavy (non-hydrogen) atoms. The van der Waals surface area contributed by atoms with Crippen molar-refractivity contribution < 1.29 is 38.3 Å². The highest BCUT2D eigenvalue weighted by atomic mass is 16.8. The molecule has 1 N–H and O–H groups in total. The summed E-state index contributed by atoms with van der Waals surface area (Å²) in [5, 5.41) is 9.90. The molecule has 8 aliphatic heterocycles. The van der Waals surface area contributed by atoms with E-state index in [2.05, 4.69) is 54.4 Å². The second-order valence-electron chi connectivity index (χ2n) is 17.4. The van der Waals surface area contributed by atoms with Crippen molar-refractivity contribution in [3.8, 4) is 0 Å². The van der Waals surface area contributed by atoms with E-state index in [9.17, 15) is 5.11 Å². The third kappa shape index (κ3) is 7.23. The number of rotatable bonds is 15. The molecule has 0 aromatic carbocycles. The van der Waals surface area contributed by atoms with E-state index in [-0.39, 0.29) is 85.8 Å². The molecule has 8 saturated heterocycles. The van der Waals surface area contributed by atoms with Gasteiger partial charge in [0.15, 0.2) is 5.79 Å². The van der Waals surface area contributed by atoms with Gasteiger partial charge in [0, 0.05) is 31.8 Å². The number of ether oxygens (including phenoxy) is 7. The third-order valence-electron chi connectivity index (χ3n) is 14.0. The van der Waals surface area contributed by atoms with Crippen LogP contribution in [-0.4, -0.2) is 90.7 Å². The largest absolute Gasteiger partial charge is 0.396 e. The molecule has 0 amide bonds. The van der Waals surface area contributed by atoms with Crippen molar-refractivity contribution in [2.45, 2.75) is 191 Å². The summed E-state index contributed by atoms with van der Waals surface area (Å²) in [6.07, 6.45) is 13.3. The van der Waals surface area contributed by atoms with Gasteiger partial charge in [-0.25, -0.2) is 0 Å². The normalized spacial score (nSPS) is 48.8. The summed E-state index contributed by atoms with van der Waals surface area (Å²) in [4.78, 5) is 0. The average Bonchev–Trinajstić information content (AvgIpc) is 3.75. The Balaban J connectivity index is 0.911. The molecule has 6 bridgehead atoms. The molecule has 18 unspecified atom stereocenters. The molecule has 0 aliphatic carbocycles. The van der Waals surface area contributed by atoms with Gasteiger partial charge in [0.2, 0.25) is 0 Å². The smallest absolute Gasteiger partial charge is 0.172 e. The van der Waals surface area contributed by atoms with Crippen LogP contribution < -0.4 is 0 Å². The lowest BCUT2D eigenvalue weighted by atomic mass is 9.79. The van der Waals surface area contributed by atoms with Gasteiger partial charge in [0.25, 0.3) is 0 Å². The first kappa shape index (κ1) is 37.2. The first-order chi connectivity index (χ1) is 24.0. The molecule has 0 aromatic rings. The molecule has 282 valence electrons. The SMILES string of the molecule is C=CCC1OC2C3OC4(CCC5CC(=C)C(CCC6CC(C)C(=C)C(CC7OC(CC(C)CC)C(C)C7CCO)O6)O5)CC3OC2C(O4)C1C. The lowest BCUT2D eigenvalue weighted by Crippen LogP contribution is -2.54. The van der Waals surface area contributed by atoms with Crippen molar-refractivity contribution in [2.75, 3.05) is 6.61 Å². The van der Waals surface area contributed by atoms with Gasteiger partial charge in [0.1, 0.15) is 18.3 Å². The molecule has 8 fully saturated rings. The Morgan fingerprint density at radius 2 is 1.60 bits per heavy atom. The predicted molar refractivity (Wildman–Crippen MR) is 193 cm³/mol. The first-order valence-corrected chi connectivity index (χ1v) is 20.2. The molecule has 0 radical (unpaired) electrons. The van der Waals surface area contributed by atoms with Crippen LogP contribution in [0.2, 0.25) is 0 Å². The summed E-state index contributed by atoms with van der Waals surface area (Å²) >= 11 is 0. The van der Waals surface area contributed by atoms with Crippen molar-refractivity contribution in [3.05, 3.63) is 37.0 Å². The van der Waals surface area contributed by atoms with Crippen LogP contribution in [0.4, 0.5) is 0 Å².